The normalized spacial score (nSPS) is 29.9. The lowest BCUT2D eigenvalue weighted by atomic mass is 10.1. The average molecular weight is 284 g/mol. The molecule has 1 aliphatic rings. The molecule has 4 heteroatoms. The molecule has 0 spiro atoms. The molecule has 0 aliphatic carbocycles. The van der Waals surface area contributed by atoms with E-state index in [4.69, 9.17) is 4.74 Å². The van der Waals surface area contributed by atoms with Crippen LogP contribution in [0.25, 0.3) is 0 Å². The molecule has 4 atom stereocenters. The minimum Gasteiger partial charge on any atom is -0.497 e. The molecule has 0 amide bonds. The summed E-state index contributed by atoms with van der Waals surface area (Å²) in [6.07, 6.45) is -0.410. The summed E-state index contributed by atoms with van der Waals surface area (Å²) < 4.78 is 5.21. The second-order valence-electron chi connectivity index (χ2n) is 4.64. The van der Waals surface area contributed by atoms with Gasteiger partial charge in [0, 0.05) is 21.5 Å². The summed E-state index contributed by atoms with van der Waals surface area (Å²) in [5, 5.41) is 12.0. The fourth-order valence-electron chi connectivity index (χ4n) is 2.01. The highest BCUT2D eigenvalue weighted by Gasteiger charge is 2.31. The fraction of sp³-hybridized carbons (Fsp3) is 0.571. The van der Waals surface area contributed by atoms with Gasteiger partial charge in [-0.2, -0.15) is 23.5 Å². The topological polar surface area (TPSA) is 29.5 Å². The Morgan fingerprint density at radius 2 is 2.11 bits per heavy atom. The quantitative estimate of drug-likeness (QED) is 0.921. The molecule has 4 unspecified atom stereocenters. The van der Waals surface area contributed by atoms with Gasteiger partial charge in [-0.15, -0.1) is 0 Å². The number of aliphatic hydroxyl groups is 1. The molecule has 100 valence electrons. The number of rotatable bonds is 3. The van der Waals surface area contributed by atoms with Crippen LogP contribution in [0.4, 0.5) is 0 Å². The minimum atomic E-state index is -0.410. The van der Waals surface area contributed by atoms with Gasteiger partial charge in [0.25, 0.3) is 0 Å². The van der Waals surface area contributed by atoms with Crippen molar-refractivity contribution in [2.75, 3.05) is 12.9 Å². The Hall–Kier alpha value is -0.320. The molecule has 2 rings (SSSR count). The summed E-state index contributed by atoms with van der Waals surface area (Å²) in [5.74, 6) is 1.82. The molecule has 18 heavy (non-hydrogen) atoms. The van der Waals surface area contributed by atoms with Crippen LogP contribution < -0.4 is 4.74 Å². The van der Waals surface area contributed by atoms with Crippen molar-refractivity contribution in [1.29, 1.82) is 0 Å². The largest absolute Gasteiger partial charge is 0.497 e. The van der Waals surface area contributed by atoms with Gasteiger partial charge in [-0.3, -0.25) is 0 Å². The van der Waals surface area contributed by atoms with E-state index in [2.05, 4.69) is 13.8 Å². The number of aliphatic hydroxyl groups excluding tert-OH is 1. The maximum Gasteiger partial charge on any atom is 0.119 e. The lowest BCUT2D eigenvalue weighted by Crippen LogP contribution is -2.30. The zero-order valence-corrected chi connectivity index (χ0v) is 12.6. The maximum atomic E-state index is 10.5. The molecular formula is C14H20O2S2. The smallest absolute Gasteiger partial charge is 0.119 e. The van der Waals surface area contributed by atoms with Crippen LogP contribution in [0.1, 0.15) is 25.5 Å². The molecule has 1 aromatic carbocycles. The van der Waals surface area contributed by atoms with Crippen LogP contribution in [-0.4, -0.2) is 33.7 Å². The third-order valence-electron chi connectivity index (χ3n) is 3.36. The predicted octanol–water partition coefficient (Wildman–Crippen LogP) is 3.35. The van der Waals surface area contributed by atoms with E-state index in [-0.39, 0.29) is 5.25 Å². The highest BCUT2D eigenvalue weighted by atomic mass is 32.2. The molecular weight excluding hydrogens is 264 g/mol. The zero-order valence-electron chi connectivity index (χ0n) is 11.0. The van der Waals surface area contributed by atoms with Crippen molar-refractivity contribution in [3.63, 3.8) is 0 Å². The van der Waals surface area contributed by atoms with Crippen molar-refractivity contribution < 1.29 is 9.84 Å². The lowest BCUT2D eigenvalue weighted by molar-refractivity contribution is 0.180. The van der Waals surface area contributed by atoms with Crippen molar-refractivity contribution in [1.82, 2.24) is 0 Å². The van der Waals surface area contributed by atoms with Crippen molar-refractivity contribution in [2.45, 2.75) is 35.7 Å². The van der Waals surface area contributed by atoms with E-state index in [1.807, 2.05) is 47.8 Å². The van der Waals surface area contributed by atoms with Gasteiger partial charge < -0.3 is 9.84 Å². The number of methoxy groups -OCH3 is 1. The predicted molar refractivity (Wildman–Crippen MR) is 80.7 cm³/mol. The Bertz CT molecular complexity index is 397. The van der Waals surface area contributed by atoms with E-state index in [9.17, 15) is 5.11 Å². The van der Waals surface area contributed by atoms with Crippen molar-refractivity contribution in [3.8, 4) is 5.75 Å². The Labute approximate surface area is 117 Å². The minimum absolute atomic E-state index is 0.272. The van der Waals surface area contributed by atoms with Gasteiger partial charge in [0.1, 0.15) is 5.75 Å². The van der Waals surface area contributed by atoms with E-state index in [0.29, 0.717) is 10.5 Å². The Morgan fingerprint density at radius 3 is 2.78 bits per heavy atom. The van der Waals surface area contributed by atoms with Crippen LogP contribution in [-0.2, 0) is 0 Å². The van der Waals surface area contributed by atoms with Crippen LogP contribution >= 0.6 is 23.5 Å². The van der Waals surface area contributed by atoms with E-state index in [1.54, 1.807) is 7.11 Å². The molecule has 1 aliphatic heterocycles. The van der Waals surface area contributed by atoms with Gasteiger partial charge in [0.15, 0.2) is 0 Å². The van der Waals surface area contributed by atoms with Crippen molar-refractivity contribution in [2.24, 2.45) is 0 Å². The van der Waals surface area contributed by atoms with E-state index in [1.165, 1.54) is 0 Å². The van der Waals surface area contributed by atoms with Gasteiger partial charge in [0.2, 0.25) is 0 Å². The highest BCUT2D eigenvalue weighted by Crippen LogP contribution is 2.41. The molecule has 0 saturated carbocycles. The third kappa shape index (κ3) is 3.16. The molecule has 1 heterocycles. The van der Waals surface area contributed by atoms with Crippen LogP contribution in [0.15, 0.2) is 24.3 Å². The van der Waals surface area contributed by atoms with E-state index >= 15 is 0 Å². The van der Waals surface area contributed by atoms with Gasteiger partial charge in [-0.05, 0) is 17.7 Å². The first-order valence-corrected chi connectivity index (χ1v) is 8.20. The van der Waals surface area contributed by atoms with Crippen LogP contribution in [0.3, 0.4) is 0 Å². The summed E-state index contributed by atoms with van der Waals surface area (Å²) in [6, 6.07) is 7.74. The monoisotopic (exact) mass is 284 g/mol. The third-order valence-corrected chi connectivity index (χ3v) is 6.84. The van der Waals surface area contributed by atoms with Gasteiger partial charge in [-0.25, -0.2) is 0 Å². The fourth-order valence-corrected chi connectivity index (χ4v) is 5.02. The molecule has 0 aromatic heterocycles. The highest BCUT2D eigenvalue weighted by molar-refractivity contribution is 8.07. The Kier molecular flexibility index (Phi) is 4.87. The number of thioether (sulfide) groups is 2. The van der Waals surface area contributed by atoms with Gasteiger partial charge >= 0.3 is 0 Å². The number of hydrogen-bond donors (Lipinski definition) is 1. The molecule has 1 fully saturated rings. The van der Waals surface area contributed by atoms with Crippen molar-refractivity contribution >= 4 is 23.5 Å². The van der Waals surface area contributed by atoms with Crippen LogP contribution in [0, 0.1) is 0 Å². The van der Waals surface area contributed by atoms with Gasteiger partial charge in [-0.1, -0.05) is 26.0 Å². The number of benzene rings is 1. The van der Waals surface area contributed by atoms with Gasteiger partial charge in [0.05, 0.1) is 13.2 Å². The van der Waals surface area contributed by atoms with E-state index < -0.39 is 6.10 Å². The summed E-state index contributed by atoms with van der Waals surface area (Å²) >= 11 is 3.85. The zero-order chi connectivity index (χ0) is 13.1. The lowest BCUT2D eigenvalue weighted by Gasteiger charge is -2.34. The molecule has 1 saturated heterocycles. The SMILES string of the molecule is COc1cccc(C(O)C2CSC(C)C(C)S2)c1. The molecule has 1 N–H and O–H groups in total. The second kappa shape index (κ2) is 6.22. The maximum absolute atomic E-state index is 10.5. The number of hydrogen-bond acceptors (Lipinski definition) is 4. The summed E-state index contributed by atoms with van der Waals surface area (Å²) in [7, 11) is 1.65. The first-order valence-electron chi connectivity index (χ1n) is 6.21. The average Bonchev–Trinajstić information content (AvgIpc) is 2.41. The summed E-state index contributed by atoms with van der Waals surface area (Å²) in [4.78, 5) is 0. The Balaban J connectivity index is 2.08. The standard InChI is InChI=1S/C14H20O2S2/c1-9-10(2)18-13(8-17-9)14(15)11-5-4-6-12(7-11)16-3/h4-7,9-10,13-15H,8H2,1-3H3. The van der Waals surface area contributed by atoms with Crippen LogP contribution in [0.5, 0.6) is 5.75 Å². The van der Waals surface area contributed by atoms with E-state index in [0.717, 1.165) is 17.1 Å². The molecule has 1 aromatic rings. The van der Waals surface area contributed by atoms with Crippen LogP contribution in [0.2, 0.25) is 0 Å². The number of ether oxygens (including phenoxy) is 1. The summed E-state index contributed by atoms with van der Waals surface area (Å²) in [5.41, 5.74) is 0.953. The first-order chi connectivity index (χ1) is 8.61. The Morgan fingerprint density at radius 1 is 1.33 bits per heavy atom. The molecule has 0 radical (unpaired) electrons. The van der Waals surface area contributed by atoms with Crippen molar-refractivity contribution in [3.05, 3.63) is 29.8 Å². The molecule has 0 bridgehead atoms. The second-order valence-corrected chi connectivity index (χ2v) is 7.67. The molecule has 2 nitrogen and oxygen atoms in total. The first kappa shape index (κ1) is 14.1. The summed E-state index contributed by atoms with van der Waals surface area (Å²) in [6.45, 7) is 4.50.